The number of aliphatic hydroxyl groups excluding tert-OH is 1. The smallest absolute Gasteiger partial charge is 0.376 e. The molecule has 29 heavy (non-hydrogen) atoms. The molecule has 2 aromatic rings. The van der Waals surface area contributed by atoms with Gasteiger partial charge in [0.15, 0.2) is 5.44 Å². The Labute approximate surface area is 168 Å². The summed E-state index contributed by atoms with van der Waals surface area (Å²) in [7, 11) is -3.97. The molecule has 1 aromatic carbocycles. The molecular weight excluding hydrogens is 409 g/mol. The highest BCUT2D eigenvalue weighted by Gasteiger charge is 2.30. The number of halogens is 3. The Morgan fingerprint density at radius 1 is 1.21 bits per heavy atom. The van der Waals surface area contributed by atoms with Crippen LogP contribution in [0.3, 0.4) is 0 Å². The van der Waals surface area contributed by atoms with Gasteiger partial charge in [0.2, 0.25) is 9.84 Å². The molecule has 2 rings (SSSR count). The van der Waals surface area contributed by atoms with E-state index in [-0.39, 0.29) is 16.9 Å². The number of benzene rings is 1. The fraction of sp³-hybridized carbons (Fsp3) is 0.632. The average molecular weight is 436 g/mol. The van der Waals surface area contributed by atoms with E-state index < -0.39 is 34.2 Å². The monoisotopic (exact) mass is 436 g/mol. The van der Waals surface area contributed by atoms with Crippen molar-refractivity contribution >= 4 is 20.9 Å². The summed E-state index contributed by atoms with van der Waals surface area (Å²) in [6.07, 6.45) is -4.25. The van der Waals surface area contributed by atoms with E-state index in [4.69, 9.17) is 0 Å². The third-order valence-corrected chi connectivity index (χ3v) is 6.38. The molecule has 1 N–H and O–H groups in total. The van der Waals surface area contributed by atoms with Crippen LogP contribution in [0.1, 0.15) is 40.4 Å². The highest BCUT2D eigenvalue weighted by molar-refractivity contribution is 7.91. The summed E-state index contributed by atoms with van der Waals surface area (Å²) in [5, 5.41) is 10.0. The lowest BCUT2D eigenvalue weighted by molar-refractivity contribution is -0.325. The third kappa shape index (κ3) is 5.93. The van der Waals surface area contributed by atoms with Crippen LogP contribution in [0.2, 0.25) is 0 Å². The summed E-state index contributed by atoms with van der Waals surface area (Å²) in [6.45, 7) is 8.43. The molecule has 164 valence electrons. The van der Waals surface area contributed by atoms with Gasteiger partial charge in [0.1, 0.15) is 5.82 Å². The van der Waals surface area contributed by atoms with Crippen molar-refractivity contribution in [2.45, 2.75) is 64.3 Å². The fourth-order valence-corrected chi connectivity index (χ4v) is 4.47. The van der Waals surface area contributed by atoms with Gasteiger partial charge in [-0.15, -0.1) is 13.2 Å². The van der Waals surface area contributed by atoms with Gasteiger partial charge in [-0.2, -0.15) is 0 Å². The topological polar surface area (TPSA) is 81.4 Å². The quantitative estimate of drug-likeness (QED) is 0.712. The number of alkyl halides is 3. The van der Waals surface area contributed by atoms with Crippen molar-refractivity contribution in [2.75, 3.05) is 6.61 Å². The van der Waals surface area contributed by atoms with Crippen LogP contribution in [0.15, 0.2) is 23.1 Å². The van der Waals surface area contributed by atoms with Gasteiger partial charge in [0.05, 0.1) is 22.5 Å². The summed E-state index contributed by atoms with van der Waals surface area (Å²) in [6, 6.07) is 4.19. The third-order valence-electron chi connectivity index (χ3n) is 4.28. The maximum absolute atomic E-state index is 12.6. The van der Waals surface area contributed by atoms with E-state index in [1.807, 2.05) is 20.8 Å². The summed E-state index contributed by atoms with van der Waals surface area (Å²) in [5.74, 6) is 0.0430. The van der Waals surface area contributed by atoms with Gasteiger partial charge >= 0.3 is 6.36 Å². The van der Waals surface area contributed by atoms with Crippen molar-refractivity contribution < 1.29 is 31.4 Å². The normalized spacial score (nSPS) is 14.7. The van der Waals surface area contributed by atoms with Crippen molar-refractivity contribution in [1.82, 2.24) is 9.55 Å². The lowest BCUT2D eigenvalue weighted by Crippen LogP contribution is -2.26. The van der Waals surface area contributed by atoms with Crippen LogP contribution in [-0.4, -0.2) is 41.5 Å². The number of ether oxygens (including phenoxy) is 1. The Morgan fingerprint density at radius 3 is 2.34 bits per heavy atom. The Morgan fingerprint density at radius 2 is 1.83 bits per heavy atom. The van der Waals surface area contributed by atoms with Crippen molar-refractivity contribution in [3.8, 4) is 0 Å². The minimum atomic E-state index is -4.73. The SMILES string of the molecule is CC(C)C(O)S(=O)(=O)c1ccc2c(c1)nc(CC(C)(C)C)n2CCOC(F)(F)F. The van der Waals surface area contributed by atoms with E-state index >= 15 is 0 Å². The molecule has 10 heteroatoms. The zero-order chi connectivity index (χ0) is 22.2. The number of sulfone groups is 1. The van der Waals surface area contributed by atoms with E-state index in [0.717, 1.165) is 0 Å². The number of hydrogen-bond acceptors (Lipinski definition) is 5. The molecule has 0 saturated carbocycles. The largest absolute Gasteiger partial charge is 0.522 e. The Hall–Kier alpha value is -1.65. The van der Waals surface area contributed by atoms with Crippen LogP contribution in [0.25, 0.3) is 11.0 Å². The molecule has 1 aromatic heterocycles. The Bertz CT molecular complexity index is 960. The lowest BCUT2D eigenvalue weighted by Gasteiger charge is -2.19. The molecular formula is C19H27F3N2O4S. The first kappa shape index (κ1) is 23.6. The van der Waals surface area contributed by atoms with Crippen LogP contribution in [-0.2, 0) is 27.5 Å². The number of imidazole rings is 1. The van der Waals surface area contributed by atoms with Crippen molar-refractivity contribution in [3.63, 3.8) is 0 Å². The predicted molar refractivity (Wildman–Crippen MR) is 103 cm³/mol. The van der Waals surface area contributed by atoms with Crippen molar-refractivity contribution in [3.05, 3.63) is 24.0 Å². The zero-order valence-corrected chi connectivity index (χ0v) is 17.9. The highest BCUT2D eigenvalue weighted by Crippen LogP contribution is 2.28. The Balaban J connectivity index is 2.49. The first-order valence-corrected chi connectivity index (χ1v) is 10.8. The lowest BCUT2D eigenvalue weighted by atomic mass is 9.92. The highest BCUT2D eigenvalue weighted by atomic mass is 32.2. The van der Waals surface area contributed by atoms with Gasteiger partial charge in [0.25, 0.3) is 0 Å². The van der Waals surface area contributed by atoms with Gasteiger partial charge in [0, 0.05) is 13.0 Å². The molecule has 1 unspecified atom stereocenters. The number of nitrogens with zero attached hydrogens (tertiary/aromatic N) is 2. The summed E-state index contributed by atoms with van der Waals surface area (Å²) >= 11 is 0. The van der Waals surface area contributed by atoms with E-state index in [2.05, 4.69) is 9.72 Å². The number of rotatable bonds is 7. The maximum Gasteiger partial charge on any atom is 0.522 e. The molecule has 0 aliphatic heterocycles. The number of hydrogen-bond donors (Lipinski definition) is 1. The van der Waals surface area contributed by atoms with Crippen LogP contribution in [0.5, 0.6) is 0 Å². The molecule has 0 saturated heterocycles. The second-order valence-corrected chi connectivity index (χ2v) is 10.6. The van der Waals surface area contributed by atoms with Crippen molar-refractivity contribution in [1.29, 1.82) is 0 Å². The fourth-order valence-electron chi connectivity index (χ4n) is 2.95. The molecule has 0 bridgehead atoms. The molecule has 1 heterocycles. The van der Waals surface area contributed by atoms with Crippen LogP contribution in [0, 0.1) is 11.3 Å². The van der Waals surface area contributed by atoms with E-state index in [9.17, 15) is 26.7 Å². The van der Waals surface area contributed by atoms with E-state index in [1.165, 1.54) is 18.2 Å². The second-order valence-electron chi connectivity index (χ2n) is 8.54. The molecule has 0 spiro atoms. The zero-order valence-electron chi connectivity index (χ0n) is 17.1. The van der Waals surface area contributed by atoms with Crippen LogP contribution in [0.4, 0.5) is 13.2 Å². The molecule has 0 radical (unpaired) electrons. The van der Waals surface area contributed by atoms with E-state index in [0.29, 0.717) is 23.3 Å². The summed E-state index contributed by atoms with van der Waals surface area (Å²) in [4.78, 5) is 4.39. The van der Waals surface area contributed by atoms with E-state index in [1.54, 1.807) is 18.4 Å². The van der Waals surface area contributed by atoms with Gasteiger partial charge in [-0.1, -0.05) is 34.6 Å². The minimum Gasteiger partial charge on any atom is -0.376 e. The van der Waals surface area contributed by atoms with Crippen LogP contribution < -0.4 is 0 Å². The van der Waals surface area contributed by atoms with Gasteiger partial charge < -0.3 is 9.67 Å². The van der Waals surface area contributed by atoms with Crippen LogP contribution >= 0.6 is 0 Å². The average Bonchev–Trinajstić information content (AvgIpc) is 2.87. The Kier molecular flexibility index (Phi) is 6.71. The molecule has 0 aliphatic carbocycles. The first-order valence-electron chi connectivity index (χ1n) is 9.23. The van der Waals surface area contributed by atoms with Gasteiger partial charge in [-0.3, -0.25) is 4.74 Å². The molecule has 1 atom stereocenters. The minimum absolute atomic E-state index is 0.0790. The second kappa shape index (κ2) is 8.23. The standard InChI is InChI=1S/C19H27F3N2O4S/c1-12(2)17(25)29(26,27)13-6-7-15-14(10-13)23-16(11-18(3,4)5)24(15)8-9-28-19(20,21)22/h6-7,10,12,17,25H,8-9,11H2,1-5H3. The molecule has 0 amide bonds. The number of fused-ring (bicyclic) bond motifs is 1. The first-order chi connectivity index (χ1) is 13.1. The number of aliphatic hydroxyl groups is 1. The molecule has 0 aliphatic rings. The van der Waals surface area contributed by atoms with Gasteiger partial charge in [-0.25, -0.2) is 13.4 Å². The van der Waals surface area contributed by atoms with Crippen molar-refractivity contribution in [2.24, 2.45) is 11.3 Å². The van der Waals surface area contributed by atoms with Gasteiger partial charge in [-0.05, 0) is 29.5 Å². The number of aromatic nitrogens is 2. The maximum atomic E-state index is 12.6. The summed E-state index contributed by atoms with van der Waals surface area (Å²) < 4.78 is 67.8. The molecule has 6 nitrogen and oxygen atoms in total. The molecule has 0 fully saturated rings. The predicted octanol–water partition coefficient (Wildman–Crippen LogP) is 3.91. The summed E-state index contributed by atoms with van der Waals surface area (Å²) in [5.41, 5.74) is -0.898.